The fraction of sp³-hybridized carbons (Fsp3) is 0.650. The number of hydrogen-bond donors (Lipinski definition) is 2. The van der Waals surface area contributed by atoms with E-state index in [1.165, 1.54) is 0 Å². The normalized spacial score (nSPS) is 28.3. The number of alkyl halides is 2. The van der Waals surface area contributed by atoms with Crippen molar-refractivity contribution in [3.05, 3.63) is 23.5 Å². The van der Waals surface area contributed by atoms with Crippen LogP contribution in [0.4, 0.5) is 14.5 Å². The van der Waals surface area contributed by atoms with Crippen LogP contribution < -0.4 is 15.5 Å². The van der Waals surface area contributed by atoms with E-state index in [1.807, 2.05) is 24.0 Å². The standard InChI is InChI=1S/C20H27F2N5O2/c1-13-16(4-3-15(24-13)14-2-5-18(28)25-19(14)29)26-8-10-27(11-9-26)17-6-7-23-12-20(17,21)22/h3-4,14,17,23H,2,5-12H2,1H3,(H,25,28,29)/t14?,17-/m1/s1. The number of pyridine rings is 1. The molecule has 7 nitrogen and oxygen atoms in total. The number of rotatable bonds is 3. The van der Waals surface area contributed by atoms with Gasteiger partial charge in [0.2, 0.25) is 11.8 Å². The Balaban J connectivity index is 1.41. The van der Waals surface area contributed by atoms with Gasteiger partial charge in [0.05, 0.1) is 35.6 Å². The van der Waals surface area contributed by atoms with E-state index in [0.717, 1.165) is 11.4 Å². The Labute approximate surface area is 168 Å². The number of amides is 2. The van der Waals surface area contributed by atoms with Crippen LogP contribution in [0.2, 0.25) is 0 Å². The van der Waals surface area contributed by atoms with Crippen LogP contribution in [0, 0.1) is 6.92 Å². The fourth-order valence-corrected chi connectivity index (χ4v) is 4.62. The molecule has 158 valence electrons. The highest BCUT2D eigenvalue weighted by molar-refractivity contribution is 6.00. The monoisotopic (exact) mass is 407 g/mol. The number of nitrogens with zero attached hydrogens (tertiary/aromatic N) is 3. The van der Waals surface area contributed by atoms with Crippen molar-refractivity contribution in [2.75, 3.05) is 44.2 Å². The molecule has 0 radical (unpaired) electrons. The van der Waals surface area contributed by atoms with E-state index in [2.05, 4.69) is 20.5 Å². The fourth-order valence-electron chi connectivity index (χ4n) is 4.62. The van der Waals surface area contributed by atoms with Crippen molar-refractivity contribution >= 4 is 17.5 Å². The van der Waals surface area contributed by atoms with Crippen LogP contribution in [0.5, 0.6) is 0 Å². The first-order valence-electron chi connectivity index (χ1n) is 10.2. The summed E-state index contributed by atoms with van der Waals surface area (Å²) in [5.41, 5.74) is 2.45. The zero-order chi connectivity index (χ0) is 20.6. The molecule has 9 heteroatoms. The first-order valence-corrected chi connectivity index (χ1v) is 10.2. The van der Waals surface area contributed by atoms with Crippen LogP contribution in [0.3, 0.4) is 0 Å². The topological polar surface area (TPSA) is 77.6 Å². The maximum absolute atomic E-state index is 14.2. The van der Waals surface area contributed by atoms with Gasteiger partial charge >= 0.3 is 0 Å². The molecule has 4 rings (SSSR count). The Bertz CT molecular complexity index is 795. The van der Waals surface area contributed by atoms with E-state index >= 15 is 0 Å². The number of aryl methyl sites for hydroxylation is 1. The van der Waals surface area contributed by atoms with E-state index in [1.54, 1.807) is 0 Å². The Morgan fingerprint density at radius 1 is 1.14 bits per heavy atom. The summed E-state index contributed by atoms with van der Waals surface area (Å²) >= 11 is 0. The van der Waals surface area contributed by atoms with E-state index < -0.39 is 17.9 Å². The number of piperidine rings is 2. The molecule has 3 aliphatic rings. The highest BCUT2D eigenvalue weighted by Gasteiger charge is 2.45. The average molecular weight is 407 g/mol. The van der Waals surface area contributed by atoms with Crippen molar-refractivity contribution < 1.29 is 18.4 Å². The molecule has 0 spiro atoms. The minimum Gasteiger partial charge on any atom is -0.368 e. The Hall–Kier alpha value is -2.13. The first kappa shape index (κ1) is 20.2. The zero-order valence-electron chi connectivity index (χ0n) is 16.6. The summed E-state index contributed by atoms with van der Waals surface area (Å²) in [4.78, 5) is 32.1. The lowest BCUT2D eigenvalue weighted by atomic mass is 9.94. The number of carbonyl (C=O) groups is 2. The molecule has 0 aliphatic carbocycles. The molecule has 2 atom stereocenters. The zero-order valence-corrected chi connectivity index (χ0v) is 16.6. The van der Waals surface area contributed by atoms with E-state index in [-0.39, 0.29) is 18.4 Å². The van der Waals surface area contributed by atoms with Gasteiger partial charge < -0.3 is 10.2 Å². The Morgan fingerprint density at radius 3 is 2.55 bits per heavy atom. The quantitative estimate of drug-likeness (QED) is 0.729. The van der Waals surface area contributed by atoms with Gasteiger partial charge in [0.25, 0.3) is 5.92 Å². The Kier molecular flexibility index (Phi) is 5.52. The SMILES string of the molecule is Cc1nc(C2CCC(=O)NC2=O)ccc1N1CCN([C@@H]2CCNCC2(F)F)CC1. The minimum atomic E-state index is -2.69. The second kappa shape index (κ2) is 7.95. The maximum Gasteiger partial charge on any atom is 0.275 e. The number of carbonyl (C=O) groups excluding carboxylic acids is 2. The van der Waals surface area contributed by atoms with Crippen molar-refractivity contribution in [2.24, 2.45) is 0 Å². The van der Waals surface area contributed by atoms with E-state index in [9.17, 15) is 18.4 Å². The summed E-state index contributed by atoms with van der Waals surface area (Å²) in [6, 6.07) is 3.10. The lowest BCUT2D eigenvalue weighted by Crippen LogP contribution is -2.61. The molecular formula is C20H27F2N5O2. The van der Waals surface area contributed by atoms with Gasteiger partial charge in [-0.05, 0) is 38.4 Å². The maximum atomic E-state index is 14.2. The molecule has 0 aromatic carbocycles. The lowest BCUT2D eigenvalue weighted by molar-refractivity contribution is -0.134. The summed E-state index contributed by atoms with van der Waals surface area (Å²) in [5.74, 6) is -3.63. The number of piperazine rings is 1. The third kappa shape index (κ3) is 4.11. The number of anilines is 1. The van der Waals surface area contributed by atoms with Crippen LogP contribution in [-0.4, -0.2) is 72.9 Å². The van der Waals surface area contributed by atoms with Crippen LogP contribution in [0.1, 0.15) is 36.6 Å². The third-order valence-corrected chi connectivity index (χ3v) is 6.21. The number of aromatic nitrogens is 1. The summed E-state index contributed by atoms with van der Waals surface area (Å²) in [6.45, 7) is 4.80. The number of halogens is 2. The van der Waals surface area contributed by atoms with Crippen LogP contribution in [-0.2, 0) is 9.59 Å². The van der Waals surface area contributed by atoms with Gasteiger partial charge in [-0.15, -0.1) is 0 Å². The van der Waals surface area contributed by atoms with Gasteiger partial charge in [-0.25, -0.2) is 8.78 Å². The molecule has 1 aromatic heterocycles. The average Bonchev–Trinajstić information content (AvgIpc) is 2.68. The van der Waals surface area contributed by atoms with Crippen LogP contribution in [0.25, 0.3) is 0 Å². The summed E-state index contributed by atoms with van der Waals surface area (Å²) in [6.07, 6.45) is 1.26. The molecule has 3 aliphatic heterocycles. The van der Waals surface area contributed by atoms with Gasteiger partial charge in [0, 0.05) is 32.6 Å². The van der Waals surface area contributed by atoms with Crippen molar-refractivity contribution in [3.63, 3.8) is 0 Å². The summed E-state index contributed by atoms with van der Waals surface area (Å²) in [5, 5.41) is 5.15. The van der Waals surface area contributed by atoms with Gasteiger partial charge in [0.1, 0.15) is 0 Å². The van der Waals surface area contributed by atoms with E-state index in [0.29, 0.717) is 57.7 Å². The Morgan fingerprint density at radius 2 is 1.90 bits per heavy atom. The molecule has 0 saturated carbocycles. The van der Waals surface area contributed by atoms with Crippen molar-refractivity contribution in [1.82, 2.24) is 20.5 Å². The summed E-state index contributed by atoms with van der Waals surface area (Å²) in [7, 11) is 0. The van der Waals surface area contributed by atoms with Crippen LogP contribution >= 0.6 is 0 Å². The van der Waals surface area contributed by atoms with Gasteiger partial charge in [-0.3, -0.25) is 24.8 Å². The number of imide groups is 1. The van der Waals surface area contributed by atoms with Crippen molar-refractivity contribution in [1.29, 1.82) is 0 Å². The van der Waals surface area contributed by atoms with Gasteiger partial charge in [-0.1, -0.05) is 0 Å². The lowest BCUT2D eigenvalue weighted by Gasteiger charge is -2.44. The highest BCUT2D eigenvalue weighted by atomic mass is 19.3. The number of nitrogens with one attached hydrogen (secondary N) is 2. The highest BCUT2D eigenvalue weighted by Crippen LogP contribution is 2.31. The molecule has 29 heavy (non-hydrogen) atoms. The molecule has 4 heterocycles. The second-order valence-corrected chi connectivity index (χ2v) is 8.11. The van der Waals surface area contributed by atoms with Crippen LogP contribution in [0.15, 0.2) is 12.1 Å². The molecule has 2 amide bonds. The minimum absolute atomic E-state index is 0.239. The number of hydrogen-bond acceptors (Lipinski definition) is 6. The molecule has 1 unspecified atom stereocenters. The third-order valence-electron chi connectivity index (χ3n) is 6.21. The molecule has 2 N–H and O–H groups in total. The molecule has 0 bridgehead atoms. The molecular weight excluding hydrogens is 380 g/mol. The smallest absolute Gasteiger partial charge is 0.275 e. The second-order valence-electron chi connectivity index (χ2n) is 8.11. The summed E-state index contributed by atoms with van der Waals surface area (Å²) < 4.78 is 28.5. The largest absolute Gasteiger partial charge is 0.368 e. The first-order chi connectivity index (χ1) is 13.8. The van der Waals surface area contributed by atoms with Crippen molar-refractivity contribution in [3.8, 4) is 0 Å². The van der Waals surface area contributed by atoms with Gasteiger partial charge in [0.15, 0.2) is 0 Å². The predicted octanol–water partition coefficient (Wildman–Crippen LogP) is 1.03. The predicted molar refractivity (Wildman–Crippen MR) is 104 cm³/mol. The molecule has 3 saturated heterocycles. The van der Waals surface area contributed by atoms with Crippen molar-refractivity contribution in [2.45, 2.75) is 44.1 Å². The van der Waals surface area contributed by atoms with E-state index in [4.69, 9.17) is 0 Å². The van der Waals surface area contributed by atoms with Gasteiger partial charge in [-0.2, -0.15) is 0 Å². The molecule has 3 fully saturated rings. The molecule has 1 aromatic rings.